The summed E-state index contributed by atoms with van der Waals surface area (Å²) in [4.78, 5) is 12.5. The standard InChI is InChI=1S/C17H17F2N5O/c1-10-7-12(3-6-16(10)20)9-23-17(25)24(22-21-23)11(2)14-5-4-13(18)8-15(14)19/h3-8,11H,9,20H2,1-2H3. The highest BCUT2D eigenvalue weighted by Gasteiger charge is 2.19. The Labute approximate surface area is 142 Å². The molecule has 0 aliphatic rings. The molecule has 1 heterocycles. The molecule has 3 aromatic rings. The largest absolute Gasteiger partial charge is 0.399 e. The van der Waals surface area contributed by atoms with E-state index in [1.54, 1.807) is 19.1 Å². The fourth-order valence-corrected chi connectivity index (χ4v) is 2.61. The van der Waals surface area contributed by atoms with E-state index in [9.17, 15) is 13.6 Å². The highest BCUT2D eigenvalue weighted by Crippen LogP contribution is 2.19. The molecule has 0 aliphatic carbocycles. The van der Waals surface area contributed by atoms with E-state index in [2.05, 4.69) is 10.4 Å². The fraction of sp³-hybridized carbons (Fsp3) is 0.235. The summed E-state index contributed by atoms with van der Waals surface area (Å²) < 4.78 is 29.2. The maximum atomic E-state index is 13.9. The molecule has 0 fully saturated rings. The third-order valence-electron chi connectivity index (χ3n) is 4.11. The van der Waals surface area contributed by atoms with Crippen LogP contribution in [0, 0.1) is 18.6 Å². The summed E-state index contributed by atoms with van der Waals surface area (Å²) in [5, 5.41) is 7.67. The van der Waals surface area contributed by atoms with Crippen molar-refractivity contribution in [2.45, 2.75) is 26.4 Å². The second-order valence-electron chi connectivity index (χ2n) is 5.90. The summed E-state index contributed by atoms with van der Waals surface area (Å²) in [5.74, 6) is -1.41. The number of nitrogens with two attached hydrogens (primary N) is 1. The van der Waals surface area contributed by atoms with Crippen LogP contribution in [0.3, 0.4) is 0 Å². The van der Waals surface area contributed by atoms with E-state index in [-0.39, 0.29) is 12.1 Å². The van der Waals surface area contributed by atoms with Crippen molar-refractivity contribution < 1.29 is 8.78 Å². The summed E-state index contributed by atoms with van der Waals surface area (Å²) in [6, 6.07) is 7.93. The normalized spacial score (nSPS) is 12.3. The van der Waals surface area contributed by atoms with Gasteiger partial charge in [0.25, 0.3) is 0 Å². The molecule has 6 nitrogen and oxygen atoms in total. The van der Waals surface area contributed by atoms with E-state index in [4.69, 9.17) is 5.73 Å². The number of hydrogen-bond acceptors (Lipinski definition) is 4. The van der Waals surface area contributed by atoms with Crippen LogP contribution in [0.2, 0.25) is 0 Å². The first-order chi connectivity index (χ1) is 11.9. The molecule has 25 heavy (non-hydrogen) atoms. The van der Waals surface area contributed by atoms with Gasteiger partial charge in [-0.3, -0.25) is 0 Å². The maximum Gasteiger partial charge on any atom is 0.364 e. The molecule has 1 atom stereocenters. The van der Waals surface area contributed by atoms with Crippen LogP contribution in [-0.4, -0.2) is 19.8 Å². The van der Waals surface area contributed by atoms with Crippen molar-refractivity contribution in [3.05, 3.63) is 75.2 Å². The van der Waals surface area contributed by atoms with Crippen LogP contribution in [0.5, 0.6) is 0 Å². The molecule has 2 aromatic carbocycles. The molecule has 0 spiro atoms. The van der Waals surface area contributed by atoms with Crippen molar-refractivity contribution in [1.82, 2.24) is 19.8 Å². The number of nitrogens with zero attached hydrogens (tertiary/aromatic N) is 4. The first-order valence-corrected chi connectivity index (χ1v) is 7.69. The molecule has 1 aromatic heterocycles. The predicted molar refractivity (Wildman–Crippen MR) is 89.1 cm³/mol. The minimum absolute atomic E-state index is 0.166. The summed E-state index contributed by atoms with van der Waals surface area (Å²) in [6.07, 6.45) is 0. The first kappa shape index (κ1) is 16.8. The van der Waals surface area contributed by atoms with Gasteiger partial charge in [0.2, 0.25) is 0 Å². The van der Waals surface area contributed by atoms with Gasteiger partial charge in [0.05, 0.1) is 12.6 Å². The van der Waals surface area contributed by atoms with Gasteiger partial charge in [-0.05, 0) is 47.5 Å². The van der Waals surface area contributed by atoms with Crippen molar-refractivity contribution >= 4 is 5.69 Å². The number of benzene rings is 2. The molecular weight excluding hydrogens is 328 g/mol. The predicted octanol–water partition coefficient (Wildman–Crippen LogP) is 2.27. The van der Waals surface area contributed by atoms with E-state index in [0.717, 1.165) is 27.9 Å². The van der Waals surface area contributed by atoms with Gasteiger partial charge in [-0.1, -0.05) is 18.2 Å². The molecule has 130 valence electrons. The molecule has 3 rings (SSSR count). The van der Waals surface area contributed by atoms with Gasteiger partial charge >= 0.3 is 5.69 Å². The molecule has 8 heteroatoms. The Bertz CT molecular complexity index is 979. The van der Waals surface area contributed by atoms with Gasteiger partial charge in [-0.2, -0.15) is 9.36 Å². The van der Waals surface area contributed by atoms with E-state index in [0.29, 0.717) is 5.69 Å². The Morgan fingerprint density at radius 2 is 1.92 bits per heavy atom. The average molecular weight is 345 g/mol. The summed E-state index contributed by atoms with van der Waals surface area (Å²) in [7, 11) is 0. The van der Waals surface area contributed by atoms with Crippen molar-refractivity contribution in [2.75, 3.05) is 5.73 Å². The average Bonchev–Trinajstić information content (AvgIpc) is 2.91. The molecule has 0 saturated heterocycles. The van der Waals surface area contributed by atoms with Crippen molar-refractivity contribution in [2.24, 2.45) is 0 Å². The topological polar surface area (TPSA) is 78.7 Å². The number of aromatic nitrogens is 4. The molecule has 0 amide bonds. The third-order valence-corrected chi connectivity index (χ3v) is 4.11. The van der Waals surface area contributed by atoms with Crippen LogP contribution in [0.4, 0.5) is 14.5 Å². The quantitative estimate of drug-likeness (QED) is 0.736. The van der Waals surface area contributed by atoms with Gasteiger partial charge in [0.1, 0.15) is 11.6 Å². The third kappa shape index (κ3) is 3.28. The summed E-state index contributed by atoms with van der Waals surface area (Å²) in [5.41, 5.74) is 7.88. The Morgan fingerprint density at radius 1 is 1.16 bits per heavy atom. The number of nitrogen functional groups attached to an aromatic ring is 1. The molecule has 0 radical (unpaired) electrons. The minimum atomic E-state index is -0.733. The molecule has 0 bridgehead atoms. The number of rotatable bonds is 4. The number of hydrogen-bond donors (Lipinski definition) is 1. The van der Waals surface area contributed by atoms with Crippen LogP contribution in [0.15, 0.2) is 41.2 Å². The van der Waals surface area contributed by atoms with E-state index in [1.165, 1.54) is 10.7 Å². The SMILES string of the molecule is Cc1cc(Cn2nnn(C(C)c3ccc(F)cc3F)c2=O)ccc1N. The second kappa shape index (κ2) is 6.46. The minimum Gasteiger partial charge on any atom is -0.399 e. The van der Waals surface area contributed by atoms with Gasteiger partial charge in [0, 0.05) is 17.3 Å². The van der Waals surface area contributed by atoms with Crippen LogP contribution in [-0.2, 0) is 6.54 Å². The molecule has 0 aliphatic heterocycles. The lowest BCUT2D eigenvalue weighted by Gasteiger charge is -2.11. The lowest BCUT2D eigenvalue weighted by atomic mass is 10.1. The van der Waals surface area contributed by atoms with Gasteiger partial charge < -0.3 is 5.73 Å². The second-order valence-corrected chi connectivity index (χ2v) is 5.90. The fourth-order valence-electron chi connectivity index (χ4n) is 2.61. The smallest absolute Gasteiger partial charge is 0.364 e. The number of tetrazole rings is 1. The number of halogens is 2. The lowest BCUT2D eigenvalue weighted by Crippen LogP contribution is -2.28. The highest BCUT2D eigenvalue weighted by atomic mass is 19.1. The Hall–Kier alpha value is -3.03. The monoisotopic (exact) mass is 345 g/mol. The van der Waals surface area contributed by atoms with Crippen molar-refractivity contribution in [3.63, 3.8) is 0 Å². The lowest BCUT2D eigenvalue weighted by molar-refractivity contribution is 0.491. The highest BCUT2D eigenvalue weighted by molar-refractivity contribution is 5.47. The van der Waals surface area contributed by atoms with Crippen LogP contribution >= 0.6 is 0 Å². The van der Waals surface area contributed by atoms with Crippen molar-refractivity contribution in [3.8, 4) is 0 Å². The zero-order valence-corrected chi connectivity index (χ0v) is 13.8. The molecule has 1 unspecified atom stereocenters. The Balaban J connectivity index is 1.90. The number of aryl methyl sites for hydroxylation is 1. The van der Waals surface area contributed by atoms with Crippen LogP contribution in [0.25, 0.3) is 0 Å². The Morgan fingerprint density at radius 3 is 2.60 bits per heavy atom. The molecular formula is C17H17F2N5O. The zero-order chi connectivity index (χ0) is 18.1. The molecule has 0 saturated carbocycles. The van der Waals surface area contributed by atoms with Gasteiger partial charge in [-0.25, -0.2) is 13.6 Å². The van der Waals surface area contributed by atoms with Crippen LogP contribution < -0.4 is 11.4 Å². The van der Waals surface area contributed by atoms with Gasteiger partial charge in [-0.15, -0.1) is 0 Å². The van der Waals surface area contributed by atoms with Crippen molar-refractivity contribution in [1.29, 1.82) is 0 Å². The summed E-state index contributed by atoms with van der Waals surface area (Å²) >= 11 is 0. The van der Waals surface area contributed by atoms with E-state index < -0.39 is 23.4 Å². The van der Waals surface area contributed by atoms with Gasteiger partial charge in [0.15, 0.2) is 0 Å². The maximum absolute atomic E-state index is 13.9. The van der Waals surface area contributed by atoms with E-state index in [1.807, 2.05) is 13.0 Å². The van der Waals surface area contributed by atoms with Crippen LogP contribution in [0.1, 0.15) is 29.7 Å². The Kier molecular flexibility index (Phi) is 4.35. The molecule has 2 N–H and O–H groups in total. The number of anilines is 1. The first-order valence-electron chi connectivity index (χ1n) is 7.69. The summed E-state index contributed by atoms with van der Waals surface area (Å²) in [6.45, 7) is 3.69. The zero-order valence-electron chi connectivity index (χ0n) is 13.8. The van der Waals surface area contributed by atoms with E-state index >= 15 is 0 Å².